The highest BCUT2D eigenvalue weighted by Gasteiger charge is 2.27. The van der Waals surface area contributed by atoms with Crippen molar-refractivity contribution in [1.82, 2.24) is 29.9 Å². The molecule has 3 amide bonds. The van der Waals surface area contributed by atoms with E-state index in [0.29, 0.717) is 23.8 Å². The van der Waals surface area contributed by atoms with Gasteiger partial charge in [0, 0.05) is 6.04 Å². The Morgan fingerprint density at radius 3 is 2.81 bits per heavy atom. The molecule has 1 aliphatic carbocycles. The zero-order valence-electron chi connectivity index (χ0n) is 17.3. The molecule has 0 unspecified atom stereocenters. The van der Waals surface area contributed by atoms with Gasteiger partial charge >= 0.3 is 6.03 Å². The Morgan fingerprint density at radius 2 is 2.12 bits per heavy atom. The van der Waals surface area contributed by atoms with Crippen LogP contribution in [0.5, 0.6) is 5.75 Å². The van der Waals surface area contributed by atoms with Crippen molar-refractivity contribution in [3.05, 3.63) is 41.5 Å². The number of benzene rings is 1. The maximum Gasteiger partial charge on any atom is 0.324 e. The lowest BCUT2D eigenvalue weighted by Gasteiger charge is -2.16. The number of imide groups is 1. The summed E-state index contributed by atoms with van der Waals surface area (Å²) in [5.74, 6) is -0.894. The van der Waals surface area contributed by atoms with E-state index < -0.39 is 39.7 Å². The standard InChI is InChI=1S/C19H23FN6O5S/c1-12(14-4-5-16(20)17(6-14)31-10-13-2-3-13)24-32(29,30)11-26-21-7-15(23-26)8-25-9-18(27)22-19(25)28/h4-7,12-13,24H,2-3,8-11H2,1H3,(H,22,27,28)/t12-/m1/s1. The molecule has 11 nitrogen and oxygen atoms in total. The maximum absolute atomic E-state index is 14.0. The van der Waals surface area contributed by atoms with Gasteiger partial charge in [0.1, 0.15) is 12.2 Å². The number of nitrogens with zero attached hydrogens (tertiary/aromatic N) is 4. The van der Waals surface area contributed by atoms with Crippen molar-refractivity contribution in [2.75, 3.05) is 13.2 Å². The number of halogens is 1. The van der Waals surface area contributed by atoms with Gasteiger partial charge in [0.05, 0.1) is 19.3 Å². The molecule has 0 spiro atoms. The Bertz CT molecular complexity index is 1130. The summed E-state index contributed by atoms with van der Waals surface area (Å²) < 4.78 is 47.2. The average molecular weight is 466 g/mol. The number of carbonyl (C=O) groups excluding carboxylic acids is 2. The number of nitrogens with one attached hydrogen (secondary N) is 2. The molecule has 2 aliphatic rings. The Hall–Kier alpha value is -3.06. The zero-order chi connectivity index (χ0) is 22.9. The summed E-state index contributed by atoms with van der Waals surface area (Å²) in [6.07, 6.45) is 3.48. The van der Waals surface area contributed by atoms with Crippen molar-refractivity contribution in [3.8, 4) is 5.75 Å². The van der Waals surface area contributed by atoms with Crippen LogP contribution in [-0.2, 0) is 27.2 Å². The monoisotopic (exact) mass is 466 g/mol. The summed E-state index contributed by atoms with van der Waals surface area (Å²) in [5.41, 5.74) is 0.897. The summed E-state index contributed by atoms with van der Waals surface area (Å²) in [7, 11) is -3.85. The van der Waals surface area contributed by atoms with Crippen molar-refractivity contribution in [1.29, 1.82) is 0 Å². The van der Waals surface area contributed by atoms with Crippen molar-refractivity contribution in [2.45, 2.75) is 38.2 Å². The molecule has 2 N–H and O–H groups in total. The second-order valence-corrected chi connectivity index (χ2v) is 9.67. The predicted molar refractivity (Wildman–Crippen MR) is 109 cm³/mol. The molecule has 1 saturated heterocycles. The minimum absolute atomic E-state index is 0.0284. The van der Waals surface area contributed by atoms with Crippen LogP contribution in [0.1, 0.15) is 37.1 Å². The van der Waals surface area contributed by atoms with Gasteiger partial charge in [-0.3, -0.25) is 10.1 Å². The van der Waals surface area contributed by atoms with E-state index in [1.165, 1.54) is 29.3 Å². The van der Waals surface area contributed by atoms with Gasteiger partial charge in [0.15, 0.2) is 17.4 Å². The molecule has 2 fully saturated rings. The first-order valence-corrected chi connectivity index (χ1v) is 11.7. The molecular weight excluding hydrogens is 443 g/mol. The molecule has 13 heteroatoms. The lowest BCUT2D eigenvalue weighted by Crippen LogP contribution is -2.31. The van der Waals surface area contributed by atoms with Gasteiger partial charge in [-0.1, -0.05) is 6.07 Å². The third-order valence-electron chi connectivity index (χ3n) is 5.07. The largest absolute Gasteiger partial charge is 0.490 e. The van der Waals surface area contributed by atoms with E-state index in [4.69, 9.17) is 4.74 Å². The smallest absolute Gasteiger partial charge is 0.324 e. The minimum Gasteiger partial charge on any atom is -0.490 e. The highest BCUT2D eigenvalue weighted by Crippen LogP contribution is 2.31. The van der Waals surface area contributed by atoms with Crippen LogP contribution in [0.4, 0.5) is 9.18 Å². The summed E-state index contributed by atoms with van der Waals surface area (Å²) in [6, 6.07) is 3.07. The van der Waals surface area contributed by atoms with E-state index in [2.05, 4.69) is 20.2 Å². The lowest BCUT2D eigenvalue weighted by atomic mass is 10.1. The van der Waals surface area contributed by atoms with Crippen LogP contribution in [0.3, 0.4) is 0 Å². The Balaban J connectivity index is 1.36. The van der Waals surface area contributed by atoms with Gasteiger partial charge in [-0.05, 0) is 43.4 Å². The van der Waals surface area contributed by atoms with Crippen molar-refractivity contribution in [2.24, 2.45) is 5.92 Å². The maximum atomic E-state index is 14.0. The van der Waals surface area contributed by atoms with Gasteiger partial charge in [0.2, 0.25) is 15.9 Å². The molecule has 0 radical (unpaired) electrons. The zero-order valence-corrected chi connectivity index (χ0v) is 18.1. The fraction of sp³-hybridized carbons (Fsp3) is 0.474. The van der Waals surface area contributed by atoms with Crippen molar-refractivity contribution < 1.29 is 27.1 Å². The van der Waals surface area contributed by atoms with E-state index in [1.807, 2.05) is 0 Å². The van der Waals surface area contributed by atoms with E-state index in [9.17, 15) is 22.4 Å². The first kappa shape index (κ1) is 22.1. The average Bonchev–Trinajstić information content (AvgIpc) is 3.36. The SMILES string of the molecule is C[C@@H](NS(=O)(=O)Cn1ncc(CN2CC(=O)NC2=O)n1)c1ccc(F)c(OCC2CC2)c1. The summed E-state index contributed by atoms with van der Waals surface area (Å²) in [5, 5.41) is 10.1. The normalized spacial score (nSPS) is 17.5. The van der Waals surface area contributed by atoms with E-state index >= 15 is 0 Å². The second-order valence-electron chi connectivity index (χ2n) is 7.95. The van der Waals surface area contributed by atoms with Crippen LogP contribution in [0.2, 0.25) is 0 Å². The second kappa shape index (κ2) is 8.82. The molecule has 1 atom stereocenters. The molecule has 2 heterocycles. The fourth-order valence-electron chi connectivity index (χ4n) is 3.19. The van der Waals surface area contributed by atoms with Gasteiger partial charge in [0.25, 0.3) is 0 Å². The van der Waals surface area contributed by atoms with Crippen LogP contribution in [-0.4, -0.2) is 53.4 Å². The van der Waals surface area contributed by atoms with Gasteiger partial charge in [-0.15, -0.1) is 0 Å². The minimum atomic E-state index is -3.85. The number of aromatic nitrogens is 3. The molecule has 1 aromatic heterocycles. The van der Waals surface area contributed by atoms with Gasteiger partial charge in [-0.25, -0.2) is 22.3 Å². The molecule has 1 saturated carbocycles. The first-order valence-electron chi connectivity index (χ1n) is 10.1. The van der Waals surface area contributed by atoms with E-state index in [1.54, 1.807) is 6.92 Å². The van der Waals surface area contributed by atoms with Crippen molar-refractivity contribution in [3.63, 3.8) is 0 Å². The Kier molecular flexibility index (Phi) is 6.11. The van der Waals surface area contributed by atoms with Crippen LogP contribution < -0.4 is 14.8 Å². The fourth-order valence-corrected chi connectivity index (χ4v) is 4.37. The first-order chi connectivity index (χ1) is 15.2. The van der Waals surface area contributed by atoms with Gasteiger partial charge < -0.3 is 9.64 Å². The molecule has 172 valence electrons. The van der Waals surface area contributed by atoms with E-state index in [0.717, 1.165) is 17.6 Å². The van der Waals surface area contributed by atoms with Gasteiger partial charge in [-0.2, -0.15) is 15.0 Å². The molecule has 32 heavy (non-hydrogen) atoms. The van der Waals surface area contributed by atoms with Crippen LogP contribution in [0.25, 0.3) is 0 Å². The number of amides is 3. The number of carbonyl (C=O) groups is 2. The van der Waals surface area contributed by atoms with Crippen LogP contribution in [0.15, 0.2) is 24.4 Å². The topological polar surface area (TPSA) is 136 Å². The van der Waals surface area contributed by atoms with Crippen LogP contribution >= 0.6 is 0 Å². The predicted octanol–water partition coefficient (Wildman–Crippen LogP) is 0.896. The number of hydrogen-bond donors (Lipinski definition) is 2. The molecular formula is C19H23FN6O5S. The number of rotatable bonds is 10. The molecule has 1 aromatic carbocycles. The molecule has 1 aliphatic heterocycles. The third kappa shape index (κ3) is 5.59. The molecule has 2 aromatic rings. The summed E-state index contributed by atoms with van der Waals surface area (Å²) in [6.45, 7) is 2.02. The third-order valence-corrected chi connectivity index (χ3v) is 6.36. The number of sulfonamides is 1. The highest BCUT2D eigenvalue weighted by molar-refractivity contribution is 7.88. The summed E-state index contributed by atoms with van der Waals surface area (Å²) in [4.78, 5) is 25.1. The van der Waals surface area contributed by atoms with Crippen molar-refractivity contribution >= 4 is 22.0 Å². The summed E-state index contributed by atoms with van der Waals surface area (Å²) >= 11 is 0. The van der Waals surface area contributed by atoms with Crippen LogP contribution in [0, 0.1) is 11.7 Å². The molecule has 4 rings (SSSR count). The highest BCUT2D eigenvalue weighted by atomic mass is 32.2. The quantitative estimate of drug-likeness (QED) is 0.497. The number of urea groups is 1. The Morgan fingerprint density at radius 1 is 1.34 bits per heavy atom. The lowest BCUT2D eigenvalue weighted by molar-refractivity contribution is -0.118. The van der Waals surface area contributed by atoms with E-state index in [-0.39, 0.29) is 18.8 Å². The number of hydrogen-bond acceptors (Lipinski definition) is 7. The number of ether oxygens (including phenoxy) is 1. The Labute approximate surface area is 184 Å². The molecule has 0 bridgehead atoms.